The summed E-state index contributed by atoms with van der Waals surface area (Å²) in [4.78, 5) is 17.5. The number of aliphatic hydroxyl groups is 1. The zero-order valence-corrected chi connectivity index (χ0v) is 15.5. The van der Waals surface area contributed by atoms with Crippen molar-refractivity contribution in [2.75, 3.05) is 23.3 Å². The molecule has 0 radical (unpaired) electrons. The van der Waals surface area contributed by atoms with E-state index in [0.29, 0.717) is 13.1 Å². The molecule has 1 fully saturated rings. The first-order valence-corrected chi connectivity index (χ1v) is 9.48. The number of fused-ring (bicyclic) bond motifs is 1. The summed E-state index contributed by atoms with van der Waals surface area (Å²) < 4.78 is 0. The third-order valence-electron chi connectivity index (χ3n) is 5.19. The molecule has 4 rings (SSSR count). The second-order valence-electron chi connectivity index (χ2n) is 7.36. The van der Waals surface area contributed by atoms with Gasteiger partial charge in [-0.3, -0.25) is 4.79 Å². The van der Waals surface area contributed by atoms with E-state index in [1.807, 2.05) is 37.3 Å². The summed E-state index contributed by atoms with van der Waals surface area (Å²) in [5.41, 5.74) is 4.79. The van der Waals surface area contributed by atoms with E-state index in [1.54, 1.807) is 0 Å². The second-order valence-corrected chi connectivity index (χ2v) is 7.36. The molecular formula is C22H25N3O2. The van der Waals surface area contributed by atoms with Crippen LogP contribution in [0.4, 0.5) is 11.4 Å². The van der Waals surface area contributed by atoms with E-state index in [9.17, 15) is 9.90 Å². The van der Waals surface area contributed by atoms with Crippen LogP contribution in [0.25, 0.3) is 10.9 Å². The smallest absolute Gasteiger partial charge is 0.253 e. The van der Waals surface area contributed by atoms with Crippen LogP contribution in [0.3, 0.4) is 0 Å². The van der Waals surface area contributed by atoms with E-state index in [0.717, 1.165) is 47.2 Å². The van der Waals surface area contributed by atoms with Gasteiger partial charge in [-0.05, 0) is 67.6 Å². The first-order chi connectivity index (χ1) is 13.1. The number of β-amino-alcohol motifs (C(OH)–C–C–N with tert-alkyl or cyclic N) is 1. The molecule has 1 aromatic heterocycles. The van der Waals surface area contributed by atoms with Gasteiger partial charge in [-0.2, -0.15) is 0 Å². The number of nitrogens with zero attached hydrogens (tertiary/aromatic N) is 1. The molecule has 1 atom stereocenters. The van der Waals surface area contributed by atoms with Crippen LogP contribution in [0, 0.1) is 6.92 Å². The molecule has 2 heterocycles. The van der Waals surface area contributed by atoms with Crippen molar-refractivity contribution in [1.29, 1.82) is 0 Å². The quantitative estimate of drug-likeness (QED) is 0.664. The molecule has 0 amide bonds. The molecule has 3 N–H and O–H groups in total. The number of aryl methyl sites for hydroxylation is 1. The number of hydrogen-bond acceptors (Lipinski definition) is 4. The van der Waals surface area contributed by atoms with Gasteiger partial charge in [0.2, 0.25) is 0 Å². The maximum atomic E-state index is 12.3. The van der Waals surface area contributed by atoms with E-state index in [4.69, 9.17) is 0 Å². The normalized spacial score (nSPS) is 17.3. The van der Waals surface area contributed by atoms with Crippen LogP contribution in [0.1, 0.15) is 24.0 Å². The van der Waals surface area contributed by atoms with Gasteiger partial charge in [0.1, 0.15) is 0 Å². The minimum absolute atomic E-state index is 0.0576. The van der Waals surface area contributed by atoms with Crippen LogP contribution in [-0.2, 0) is 6.54 Å². The zero-order chi connectivity index (χ0) is 18.8. The fraction of sp³-hybridized carbons (Fsp3) is 0.318. The Kier molecular flexibility index (Phi) is 4.86. The van der Waals surface area contributed by atoms with Crippen LogP contribution >= 0.6 is 0 Å². The predicted octanol–water partition coefficient (Wildman–Crippen LogP) is 3.41. The Balaban J connectivity index is 1.46. The predicted molar refractivity (Wildman–Crippen MR) is 111 cm³/mol. The number of pyridine rings is 1. The molecule has 0 aliphatic carbocycles. The fourth-order valence-electron chi connectivity index (χ4n) is 3.68. The summed E-state index contributed by atoms with van der Waals surface area (Å²) in [5.74, 6) is 0. The van der Waals surface area contributed by atoms with Gasteiger partial charge in [-0.1, -0.05) is 11.6 Å². The maximum Gasteiger partial charge on any atom is 0.253 e. The van der Waals surface area contributed by atoms with Gasteiger partial charge in [0, 0.05) is 42.1 Å². The molecular weight excluding hydrogens is 338 g/mol. The average molecular weight is 363 g/mol. The Hall–Kier alpha value is -2.79. The topological polar surface area (TPSA) is 68.4 Å². The lowest BCUT2D eigenvalue weighted by Gasteiger charge is -2.32. The Labute approximate surface area is 158 Å². The molecule has 1 saturated heterocycles. The van der Waals surface area contributed by atoms with E-state index in [2.05, 4.69) is 33.4 Å². The Morgan fingerprint density at radius 1 is 1.19 bits per heavy atom. The lowest BCUT2D eigenvalue weighted by atomic mass is 10.1. The van der Waals surface area contributed by atoms with E-state index < -0.39 is 0 Å². The van der Waals surface area contributed by atoms with Gasteiger partial charge < -0.3 is 20.3 Å². The highest BCUT2D eigenvalue weighted by molar-refractivity contribution is 5.79. The van der Waals surface area contributed by atoms with E-state index >= 15 is 0 Å². The number of anilines is 2. The number of nitrogens with one attached hydrogen (secondary N) is 2. The third-order valence-corrected chi connectivity index (χ3v) is 5.19. The number of H-pyrrole nitrogens is 1. The second kappa shape index (κ2) is 7.45. The molecule has 1 aliphatic rings. The van der Waals surface area contributed by atoms with Crippen LogP contribution < -0.4 is 15.8 Å². The monoisotopic (exact) mass is 363 g/mol. The Morgan fingerprint density at radius 3 is 2.78 bits per heavy atom. The molecule has 0 bridgehead atoms. The van der Waals surface area contributed by atoms with Gasteiger partial charge >= 0.3 is 0 Å². The molecule has 1 unspecified atom stereocenters. The SMILES string of the molecule is Cc1ccc2[nH]c(=O)c(CNc3ccc(N4CCCC(O)C4)cc3)cc2c1. The summed E-state index contributed by atoms with van der Waals surface area (Å²) in [7, 11) is 0. The van der Waals surface area contributed by atoms with Gasteiger partial charge in [-0.15, -0.1) is 0 Å². The van der Waals surface area contributed by atoms with E-state index in [-0.39, 0.29) is 11.7 Å². The third kappa shape index (κ3) is 3.98. The Morgan fingerprint density at radius 2 is 2.00 bits per heavy atom. The van der Waals surface area contributed by atoms with Crippen molar-refractivity contribution in [1.82, 2.24) is 4.98 Å². The average Bonchev–Trinajstić information content (AvgIpc) is 2.67. The number of aromatic nitrogens is 1. The molecule has 5 nitrogen and oxygen atoms in total. The summed E-state index contributed by atoms with van der Waals surface area (Å²) in [5, 5.41) is 14.2. The highest BCUT2D eigenvalue weighted by Crippen LogP contribution is 2.22. The van der Waals surface area contributed by atoms with Crippen molar-refractivity contribution in [3.8, 4) is 0 Å². The molecule has 27 heavy (non-hydrogen) atoms. The number of benzene rings is 2. The molecule has 0 spiro atoms. The van der Waals surface area contributed by atoms with Gasteiger partial charge in [0.25, 0.3) is 5.56 Å². The minimum Gasteiger partial charge on any atom is -0.391 e. The summed E-state index contributed by atoms with van der Waals surface area (Å²) in [6, 6.07) is 16.2. The number of aliphatic hydroxyl groups excluding tert-OH is 1. The van der Waals surface area contributed by atoms with Crippen molar-refractivity contribution in [3.63, 3.8) is 0 Å². The minimum atomic E-state index is -0.236. The van der Waals surface area contributed by atoms with Gasteiger partial charge in [-0.25, -0.2) is 0 Å². The lowest BCUT2D eigenvalue weighted by Crippen LogP contribution is -2.38. The van der Waals surface area contributed by atoms with Crippen molar-refractivity contribution < 1.29 is 5.11 Å². The maximum absolute atomic E-state index is 12.3. The number of hydrogen-bond donors (Lipinski definition) is 3. The summed E-state index contributed by atoms with van der Waals surface area (Å²) >= 11 is 0. The highest BCUT2D eigenvalue weighted by atomic mass is 16.3. The standard InChI is InChI=1S/C22H25N3O2/c1-15-4-9-21-16(11-15)12-17(22(27)24-21)13-23-18-5-7-19(8-6-18)25-10-2-3-20(26)14-25/h4-9,11-12,20,23,26H,2-3,10,13-14H2,1H3,(H,24,27). The van der Waals surface area contributed by atoms with Crippen molar-refractivity contribution in [3.05, 3.63) is 70.0 Å². The van der Waals surface area contributed by atoms with Crippen LogP contribution in [-0.4, -0.2) is 29.3 Å². The largest absolute Gasteiger partial charge is 0.391 e. The van der Waals surface area contributed by atoms with E-state index in [1.165, 1.54) is 5.56 Å². The molecule has 140 valence electrons. The first kappa shape index (κ1) is 17.6. The number of rotatable bonds is 4. The zero-order valence-electron chi connectivity index (χ0n) is 15.5. The van der Waals surface area contributed by atoms with Crippen molar-refractivity contribution in [2.24, 2.45) is 0 Å². The van der Waals surface area contributed by atoms with Crippen molar-refractivity contribution in [2.45, 2.75) is 32.4 Å². The molecule has 0 saturated carbocycles. The lowest BCUT2D eigenvalue weighted by molar-refractivity contribution is 0.154. The van der Waals surface area contributed by atoms with Gasteiger partial charge in [0.15, 0.2) is 0 Å². The molecule has 3 aromatic rings. The Bertz CT molecular complexity index is 995. The molecule has 2 aromatic carbocycles. The van der Waals surface area contributed by atoms with Crippen LogP contribution in [0.5, 0.6) is 0 Å². The van der Waals surface area contributed by atoms with Gasteiger partial charge in [0.05, 0.1) is 6.10 Å². The summed E-state index contributed by atoms with van der Waals surface area (Å²) in [6.07, 6.45) is 1.67. The molecule has 1 aliphatic heterocycles. The number of piperidine rings is 1. The highest BCUT2D eigenvalue weighted by Gasteiger charge is 2.17. The fourth-order valence-corrected chi connectivity index (χ4v) is 3.68. The van der Waals surface area contributed by atoms with Crippen LogP contribution in [0.2, 0.25) is 0 Å². The first-order valence-electron chi connectivity index (χ1n) is 9.48. The van der Waals surface area contributed by atoms with Crippen molar-refractivity contribution >= 4 is 22.3 Å². The molecule has 5 heteroatoms. The van der Waals surface area contributed by atoms with Crippen LogP contribution in [0.15, 0.2) is 53.3 Å². The summed E-state index contributed by atoms with van der Waals surface area (Å²) in [6.45, 7) is 4.20. The number of aromatic amines is 1.